The summed E-state index contributed by atoms with van der Waals surface area (Å²) in [7, 11) is 0. The fraction of sp³-hybridized carbons (Fsp3) is 0.714. The molecule has 1 aromatic heterocycles. The number of anilines is 1. The Morgan fingerprint density at radius 1 is 1.44 bits per heavy atom. The minimum absolute atomic E-state index is 0.411. The molecule has 0 aromatic carbocycles. The Balaban J connectivity index is 2.26. The van der Waals surface area contributed by atoms with Crippen molar-refractivity contribution in [2.75, 3.05) is 18.0 Å². The van der Waals surface area contributed by atoms with Gasteiger partial charge in [0.2, 0.25) is 0 Å². The molecule has 2 N–H and O–H groups in total. The molecule has 4 heteroatoms. The van der Waals surface area contributed by atoms with E-state index in [0.29, 0.717) is 24.4 Å². The predicted molar refractivity (Wildman–Crippen MR) is 74.7 cm³/mol. The van der Waals surface area contributed by atoms with Gasteiger partial charge in [0.15, 0.2) is 0 Å². The Morgan fingerprint density at radius 3 is 2.89 bits per heavy atom. The zero-order valence-electron chi connectivity index (χ0n) is 11.6. The molecular weight excluding hydrogens is 224 g/mol. The molecule has 2 atom stereocenters. The first-order valence-electron chi connectivity index (χ1n) is 6.92. The SMILES string of the molecule is CC(C)c1cc(N2CCCC(C)C2CN)ncn1. The van der Waals surface area contributed by atoms with E-state index < -0.39 is 0 Å². The van der Waals surface area contributed by atoms with Crippen molar-refractivity contribution < 1.29 is 0 Å². The number of piperidine rings is 1. The molecule has 2 unspecified atom stereocenters. The van der Waals surface area contributed by atoms with Gasteiger partial charge in [0.1, 0.15) is 12.1 Å². The van der Waals surface area contributed by atoms with E-state index in [4.69, 9.17) is 5.73 Å². The monoisotopic (exact) mass is 248 g/mol. The molecule has 0 aliphatic carbocycles. The lowest BCUT2D eigenvalue weighted by Gasteiger charge is -2.40. The summed E-state index contributed by atoms with van der Waals surface area (Å²) in [6.45, 7) is 8.36. The zero-order chi connectivity index (χ0) is 13.1. The van der Waals surface area contributed by atoms with E-state index in [9.17, 15) is 0 Å². The largest absolute Gasteiger partial charge is 0.352 e. The molecule has 1 aromatic rings. The van der Waals surface area contributed by atoms with E-state index in [-0.39, 0.29) is 0 Å². The third-order valence-corrected chi connectivity index (χ3v) is 3.92. The maximum absolute atomic E-state index is 5.93. The third-order valence-electron chi connectivity index (χ3n) is 3.92. The summed E-state index contributed by atoms with van der Waals surface area (Å²) in [5, 5.41) is 0. The highest BCUT2D eigenvalue weighted by Crippen LogP contribution is 2.27. The molecule has 1 aliphatic heterocycles. The molecule has 4 nitrogen and oxygen atoms in total. The predicted octanol–water partition coefficient (Wildman–Crippen LogP) is 2.16. The van der Waals surface area contributed by atoms with Crippen molar-refractivity contribution in [2.45, 2.75) is 45.6 Å². The molecule has 1 fully saturated rings. The van der Waals surface area contributed by atoms with Crippen LogP contribution in [-0.4, -0.2) is 29.1 Å². The van der Waals surface area contributed by atoms with Crippen molar-refractivity contribution >= 4 is 5.82 Å². The second-order valence-electron chi connectivity index (χ2n) is 5.57. The first-order valence-corrected chi connectivity index (χ1v) is 6.92. The van der Waals surface area contributed by atoms with Crippen molar-refractivity contribution in [1.82, 2.24) is 9.97 Å². The number of hydrogen-bond donors (Lipinski definition) is 1. The minimum atomic E-state index is 0.411. The quantitative estimate of drug-likeness (QED) is 0.890. The number of rotatable bonds is 3. The van der Waals surface area contributed by atoms with Gasteiger partial charge in [-0.05, 0) is 24.7 Å². The molecule has 1 aliphatic rings. The fourth-order valence-electron chi connectivity index (χ4n) is 2.73. The second-order valence-corrected chi connectivity index (χ2v) is 5.57. The number of nitrogens with two attached hydrogens (primary N) is 1. The summed E-state index contributed by atoms with van der Waals surface area (Å²) in [4.78, 5) is 11.1. The molecule has 0 saturated carbocycles. The molecule has 2 heterocycles. The molecule has 100 valence electrons. The van der Waals surface area contributed by atoms with Crippen LogP contribution in [0.1, 0.15) is 45.2 Å². The van der Waals surface area contributed by atoms with Crippen molar-refractivity contribution in [3.05, 3.63) is 18.1 Å². The summed E-state index contributed by atoms with van der Waals surface area (Å²) in [5.74, 6) is 2.11. The molecule has 18 heavy (non-hydrogen) atoms. The van der Waals surface area contributed by atoms with Gasteiger partial charge < -0.3 is 10.6 Å². The first kappa shape index (κ1) is 13.3. The van der Waals surface area contributed by atoms with Crippen LogP contribution < -0.4 is 10.6 Å². The Labute approximate surface area is 110 Å². The average molecular weight is 248 g/mol. The van der Waals surface area contributed by atoms with Crippen molar-refractivity contribution in [3.8, 4) is 0 Å². The van der Waals surface area contributed by atoms with E-state index >= 15 is 0 Å². The highest BCUT2D eigenvalue weighted by molar-refractivity contribution is 5.41. The van der Waals surface area contributed by atoms with Crippen LogP contribution in [0.2, 0.25) is 0 Å². The van der Waals surface area contributed by atoms with Crippen LogP contribution in [0.25, 0.3) is 0 Å². The normalized spacial score (nSPS) is 24.6. The van der Waals surface area contributed by atoms with Gasteiger partial charge in [0.25, 0.3) is 0 Å². The highest BCUT2D eigenvalue weighted by Gasteiger charge is 2.28. The van der Waals surface area contributed by atoms with Gasteiger partial charge in [-0.3, -0.25) is 0 Å². The smallest absolute Gasteiger partial charge is 0.132 e. The summed E-state index contributed by atoms with van der Waals surface area (Å²) in [6.07, 6.45) is 4.16. The maximum atomic E-state index is 5.93. The van der Waals surface area contributed by atoms with E-state index in [0.717, 1.165) is 18.1 Å². The van der Waals surface area contributed by atoms with E-state index in [1.54, 1.807) is 6.33 Å². The molecule has 0 spiro atoms. The van der Waals surface area contributed by atoms with Crippen LogP contribution in [0.3, 0.4) is 0 Å². The lowest BCUT2D eigenvalue weighted by molar-refractivity contribution is 0.347. The van der Waals surface area contributed by atoms with Crippen LogP contribution in [0.15, 0.2) is 12.4 Å². The van der Waals surface area contributed by atoms with Crippen LogP contribution >= 0.6 is 0 Å². The second kappa shape index (κ2) is 5.65. The summed E-state index contributed by atoms with van der Waals surface area (Å²) in [5.41, 5.74) is 7.04. The van der Waals surface area contributed by atoms with Gasteiger partial charge in [-0.1, -0.05) is 20.8 Å². The summed E-state index contributed by atoms with van der Waals surface area (Å²) >= 11 is 0. The zero-order valence-corrected chi connectivity index (χ0v) is 11.6. The number of hydrogen-bond acceptors (Lipinski definition) is 4. The molecular formula is C14H24N4. The standard InChI is InChI=1S/C14H24N4/c1-10(2)12-7-14(17-9-16-12)18-6-4-5-11(3)13(18)8-15/h7,9-11,13H,4-6,8,15H2,1-3H3. The number of nitrogens with zero attached hydrogens (tertiary/aromatic N) is 3. The van der Waals surface area contributed by atoms with Crippen molar-refractivity contribution in [2.24, 2.45) is 11.7 Å². The van der Waals surface area contributed by atoms with E-state index in [1.165, 1.54) is 12.8 Å². The van der Waals surface area contributed by atoms with E-state index in [1.807, 2.05) is 0 Å². The first-order chi connectivity index (χ1) is 8.63. The molecule has 1 saturated heterocycles. The lowest BCUT2D eigenvalue weighted by Crippen LogP contribution is -2.49. The van der Waals surface area contributed by atoms with Gasteiger partial charge in [0, 0.05) is 30.9 Å². The fourth-order valence-corrected chi connectivity index (χ4v) is 2.73. The van der Waals surface area contributed by atoms with Crippen LogP contribution in [-0.2, 0) is 0 Å². The van der Waals surface area contributed by atoms with Crippen molar-refractivity contribution in [1.29, 1.82) is 0 Å². The number of aromatic nitrogens is 2. The third kappa shape index (κ3) is 2.64. The van der Waals surface area contributed by atoms with Gasteiger partial charge in [0.05, 0.1) is 0 Å². The highest BCUT2D eigenvalue weighted by atomic mass is 15.2. The Kier molecular flexibility index (Phi) is 4.17. The van der Waals surface area contributed by atoms with Crippen LogP contribution in [0.5, 0.6) is 0 Å². The maximum Gasteiger partial charge on any atom is 0.132 e. The van der Waals surface area contributed by atoms with Gasteiger partial charge in [-0.25, -0.2) is 9.97 Å². The van der Waals surface area contributed by atoms with Crippen LogP contribution in [0, 0.1) is 5.92 Å². The van der Waals surface area contributed by atoms with Gasteiger partial charge >= 0.3 is 0 Å². The van der Waals surface area contributed by atoms with E-state index in [2.05, 4.69) is 41.7 Å². The minimum Gasteiger partial charge on any atom is -0.352 e. The van der Waals surface area contributed by atoms with Crippen molar-refractivity contribution in [3.63, 3.8) is 0 Å². The molecule has 2 rings (SSSR count). The Morgan fingerprint density at radius 2 is 2.22 bits per heavy atom. The van der Waals surface area contributed by atoms with Crippen LogP contribution in [0.4, 0.5) is 5.82 Å². The average Bonchev–Trinajstić information content (AvgIpc) is 2.38. The summed E-state index contributed by atoms with van der Waals surface area (Å²) in [6, 6.07) is 2.53. The molecule has 0 amide bonds. The van der Waals surface area contributed by atoms with Gasteiger partial charge in [-0.2, -0.15) is 0 Å². The molecule has 0 radical (unpaired) electrons. The Bertz CT molecular complexity index is 391. The van der Waals surface area contributed by atoms with Gasteiger partial charge in [-0.15, -0.1) is 0 Å². The molecule has 0 bridgehead atoms. The topological polar surface area (TPSA) is 55.0 Å². The summed E-state index contributed by atoms with van der Waals surface area (Å²) < 4.78 is 0. The lowest BCUT2D eigenvalue weighted by atomic mass is 9.91. The Hall–Kier alpha value is -1.16.